The normalized spacial score (nSPS) is 11.8. The summed E-state index contributed by atoms with van der Waals surface area (Å²) in [7, 11) is 0. The highest BCUT2D eigenvalue weighted by Gasteiger charge is 2.31. The topological polar surface area (TPSA) is 114 Å². The van der Waals surface area contributed by atoms with Gasteiger partial charge in [-0.3, -0.25) is 14.4 Å². The van der Waals surface area contributed by atoms with Crippen LogP contribution >= 0.6 is 0 Å². The zero-order valence-corrected chi connectivity index (χ0v) is 20.7. The molecule has 0 aliphatic carbocycles. The van der Waals surface area contributed by atoms with Crippen molar-refractivity contribution in [2.45, 2.75) is 66.5 Å². The van der Waals surface area contributed by atoms with Gasteiger partial charge in [0.25, 0.3) is 0 Å². The number of nitrogens with zero attached hydrogens (tertiary/aromatic N) is 1. The van der Waals surface area contributed by atoms with Crippen LogP contribution in [0.5, 0.6) is 0 Å². The van der Waals surface area contributed by atoms with Crippen LogP contribution in [-0.2, 0) is 23.9 Å². The Labute approximate surface area is 196 Å². The summed E-state index contributed by atoms with van der Waals surface area (Å²) in [5.41, 5.74) is 1.85. The lowest BCUT2D eigenvalue weighted by atomic mass is 9.97. The van der Waals surface area contributed by atoms with E-state index in [4.69, 9.17) is 9.47 Å². The van der Waals surface area contributed by atoms with E-state index in [-0.39, 0.29) is 32.7 Å². The number of benzene rings is 1. The van der Waals surface area contributed by atoms with Gasteiger partial charge >= 0.3 is 12.1 Å². The SMILES string of the molecule is CCOC(=O)CCNC(=O)C(c1ccc(C)cc1C)N(CC)C(=O)CNC(=O)OC(C)(C)C. The molecule has 0 aromatic heterocycles. The van der Waals surface area contributed by atoms with Gasteiger partial charge in [0, 0.05) is 13.1 Å². The zero-order valence-electron chi connectivity index (χ0n) is 20.7. The van der Waals surface area contributed by atoms with Crippen LogP contribution in [0, 0.1) is 13.8 Å². The van der Waals surface area contributed by atoms with Crippen molar-refractivity contribution in [3.05, 3.63) is 34.9 Å². The molecule has 0 bridgehead atoms. The van der Waals surface area contributed by atoms with Gasteiger partial charge < -0.3 is 25.0 Å². The molecule has 9 heteroatoms. The van der Waals surface area contributed by atoms with Gasteiger partial charge in [0.2, 0.25) is 11.8 Å². The second-order valence-corrected chi connectivity index (χ2v) is 8.64. The molecule has 0 saturated heterocycles. The number of alkyl carbamates (subject to hydrolysis) is 1. The van der Waals surface area contributed by atoms with Crippen LogP contribution in [0.2, 0.25) is 0 Å². The fourth-order valence-electron chi connectivity index (χ4n) is 3.27. The summed E-state index contributed by atoms with van der Waals surface area (Å²) in [5.74, 6) is -1.27. The summed E-state index contributed by atoms with van der Waals surface area (Å²) >= 11 is 0. The van der Waals surface area contributed by atoms with Crippen LogP contribution in [0.25, 0.3) is 0 Å². The van der Waals surface area contributed by atoms with Gasteiger partial charge in [-0.1, -0.05) is 23.8 Å². The van der Waals surface area contributed by atoms with Crippen LogP contribution in [0.3, 0.4) is 0 Å². The van der Waals surface area contributed by atoms with Crippen molar-refractivity contribution >= 4 is 23.9 Å². The number of aryl methyl sites for hydroxylation is 2. The van der Waals surface area contributed by atoms with Crippen molar-refractivity contribution < 1.29 is 28.7 Å². The molecule has 184 valence electrons. The lowest BCUT2D eigenvalue weighted by Crippen LogP contribution is -2.48. The minimum Gasteiger partial charge on any atom is -0.466 e. The number of likely N-dealkylation sites (N-methyl/N-ethyl adjacent to an activating group) is 1. The maximum atomic E-state index is 13.2. The molecular formula is C24H37N3O6. The Bertz CT molecular complexity index is 847. The van der Waals surface area contributed by atoms with Gasteiger partial charge in [-0.25, -0.2) is 4.79 Å². The van der Waals surface area contributed by atoms with Crippen LogP contribution in [0.4, 0.5) is 4.79 Å². The summed E-state index contributed by atoms with van der Waals surface area (Å²) in [6.07, 6.45) is -0.687. The Kier molecular flexibility index (Phi) is 10.8. The van der Waals surface area contributed by atoms with E-state index in [0.29, 0.717) is 5.56 Å². The number of carbonyl (C=O) groups is 4. The number of hydrogen-bond donors (Lipinski definition) is 2. The van der Waals surface area contributed by atoms with E-state index in [9.17, 15) is 19.2 Å². The van der Waals surface area contributed by atoms with Crippen molar-refractivity contribution in [1.29, 1.82) is 0 Å². The summed E-state index contributed by atoms with van der Waals surface area (Å²) in [6.45, 7) is 12.7. The molecule has 0 heterocycles. The lowest BCUT2D eigenvalue weighted by Gasteiger charge is -2.31. The highest BCUT2D eigenvalue weighted by molar-refractivity contribution is 5.90. The maximum absolute atomic E-state index is 13.2. The van der Waals surface area contributed by atoms with E-state index in [1.54, 1.807) is 34.6 Å². The smallest absolute Gasteiger partial charge is 0.408 e. The molecule has 0 aliphatic heterocycles. The minimum absolute atomic E-state index is 0.0272. The van der Waals surface area contributed by atoms with E-state index >= 15 is 0 Å². The zero-order chi connectivity index (χ0) is 25.2. The molecule has 0 aliphatic rings. The molecule has 0 fully saturated rings. The van der Waals surface area contributed by atoms with Gasteiger partial charge in [0.15, 0.2) is 0 Å². The molecule has 9 nitrogen and oxygen atoms in total. The standard InChI is InChI=1S/C24H37N3O6/c1-8-27(19(28)15-26-23(31)33-24(5,6)7)21(18-11-10-16(3)14-17(18)4)22(30)25-13-12-20(29)32-9-2/h10-11,14,21H,8-9,12-13,15H2,1-7H3,(H,25,30)(H,26,31). The van der Waals surface area contributed by atoms with Crippen LogP contribution in [0.15, 0.2) is 18.2 Å². The number of nitrogens with one attached hydrogen (secondary N) is 2. The van der Waals surface area contributed by atoms with Gasteiger partial charge in [-0.05, 0) is 59.6 Å². The Morgan fingerprint density at radius 1 is 1.06 bits per heavy atom. The van der Waals surface area contributed by atoms with E-state index in [1.807, 2.05) is 32.0 Å². The molecular weight excluding hydrogens is 426 g/mol. The highest BCUT2D eigenvalue weighted by Crippen LogP contribution is 2.25. The van der Waals surface area contributed by atoms with Gasteiger partial charge in [-0.2, -0.15) is 0 Å². The Balaban J connectivity index is 3.06. The monoisotopic (exact) mass is 463 g/mol. The summed E-state index contributed by atoms with van der Waals surface area (Å²) in [4.78, 5) is 51.2. The van der Waals surface area contributed by atoms with Crippen molar-refractivity contribution in [2.24, 2.45) is 0 Å². The first-order valence-electron chi connectivity index (χ1n) is 11.2. The fourth-order valence-corrected chi connectivity index (χ4v) is 3.27. The van der Waals surface area contributed by atoms with Crippen LogP contribution in [0.1, 0.15) is 63.8 Å². The fraction of sp³-hybridized carbons (Fsp3) is 0.583. The second kappa shape index (κ2) is 12.8. The Morgan fingerprint density at radius 3 is 2.27 bits per heavy atom. The predicted molar refractivity (Wildman–Crippen MR) is 125 cm³/mol. The first-order chi connectivity index (χ1) is 15.4. The molecule has 1 aromatic rings. The number of esters is 1. The number of rotatable bonds is 10. The third-order valence-corrected chi connectivity index (χ3v) is 4.66. The number of carbonyl (C=O) groups excluding carboxylic acids is 4. The highest BCUT2D eigenvalue weighted by atomic mass is 16.6. The third-order valence-electron chi connectivity index (χ3n) is 4.66. The number of hydrogen-bond acceptors (Lipinski definition) is 6. The summed E-state index contributed by atoms with van der Waals surface area (Å²) in [5, 5.41) is 5.18. The molecule has 0 radical (unpaired) electrons. The van der Waals surface area contributed by atoms with E-state index in [0.717, 1.165) is 11.1 Å². The first kappa shape index (κ1) is 27.9. The van der Waals surface area contributed by atoms with Crippen molar-refractivity contribution in [1.82, 2.24) is 15.5 Å². The molecule has 1 unspecified atom stereocenters. The maximum Gasteiger partial charge on any atom is 0.408 e. The lowest BCUT2D eigenvalue weighted by molar-refractivity contribution is -0.143. The van der Waals surface area contributed by atoms with Gasteiger partial charge in [0.05, 0.1) is 13.0 Å². The van der Waals surface area contributed by atoms with Crippen molar-refractivity contribution in [2.75, 3.05) is 26.2 Å². The average molecular weight is 464 g/mol. The van der Waals surface area contributed by atoms with E-state index < -0.39 is 35.5 Å². The molecule has 3 amide bonds. The third kappa shape index (κ3) is 9.51. The molecule has 1 rings (SSSR count). The average Bonchev–Trinajstić information content (AvgIpc) is 2.69. The summed E-state index contributed by atoms with van der Waals surface area (Å²) < 4.78 is 10.1. The number of ether oxygens (including phenoxy) is 2. The first-order valence-corrected chi connectivity index (χ1v) is 11.2. The predicted octanol–water partition coefficient (Wildman–Crippen LogP) is 2.79. The largest absolute Gasteiger partial charge is 0.466 e. The van der Waals surface area contributed by atoms with Crippen molar-refractivity contribution in [3.8, 4) is 0 Å². The van der Waals surface area contributed by atoms with Gasteiger partial charge in [0.1, 0.15) is 18.2 Å². The molecule has 1 aromatic carbocycles. The van der Waals surface area contributed by atoms with E-state index in [1.165, 1.54) is 4.90 Å². The quantitative estimate of drug-likeness (QED) is 0.516. The molecule has 0 spiro atoms. The number of amides is 3. The molecule has 2 N–H and O–H groups in total. The molecule has 0 saturated carbocycles. The molecule has 33 heavy (non-hydrogen) atoms. The van der Waals surface area contributed by atoms with Crippen molar-refractivity contribution in [3.63, 3.8) is 0 Å². The van der Waals surface area contributed by atoms with Gasteiger partial charge in [-0.15, -0.1) is 0 Å². The Hall–Kier alpha value is -3.10. The van der Waals surface area contributed by atoms with Crippen LogP contribution in [-0.4, -0.2) is 60.6 Å². The summed E-state index contributed by atoms with van der Waals surface area (Å²) in [6, 6.07) is 4.70. The van der Waals surface area contributed by atoms with E-state index in [2.05, 4.69) is 10.6 Å². The minimum atomic E-state index is -0.925. The Morgan fingerprint density at radius 2 is 1.73 bits per heavy atom. The molecule has 1 atom stereocenters. The van der Waals surface area contributed by atoms with Crippen LogP contribution < -0.4 is 10.6 Å². The second-order valence-electron chi connectivity index (χ2n) is 8.64.